The molecule has 0 radical (unpaired) electrons. The largest absolute Gasteiger partial charge is 0.387 e. The maximum atomic E-state index is 10.6. The van der Waals surface area contributed by atoms with Gasteiger partial charge in [0.2, 0.25) is 0 Å². The Morgan fingerprint density at radius 1 is 1.36 bits per heavy atom. The fraction of sp³-hybridized carbons (Fsp3) is 0.938. The van der Waals surface area contributed by atoms with Crippen molar-refractivity contribution in [3.05, 3.63) is 0 Å². The lowest BCUT2D eigenvalue weighted by Crippen LogP contribution is -2.53. The van der Waals surface area contributed by atoms with Crippen LogP contribution in [0.3, 0.4) is 0 Å². The summed E-state index contributed by atoms with van der Waals surface area (Å²) in [7, 11) is 0. The topological polar surface area (TPSA) is 65.9 Å². The third-order valence-electron chi connectivity index (χ3n) is 4.59. The average molecular weight is 330 g/mol. The SMILES string of the molecule is CCNC(=NCC1(O)CCC1SCC)NCC1(C)CCCO1. The van der Waals surface area contributed by atoms with E-state index in [1.54, 1.807) is 0 Å². The molecule has 1 saturated carbocycles. The number of nitrogens with one attached hydrogen (secondary N) is 2. The summed E-state index contributed by atoms with van der Waals surface area (Å²) in [5.74, 6) is 1.82. The zero-order valence-electron chi connectivity index (χ0n) is 14.2. The van der Waals surface area contributed by atoms with Crippen LogP contribution in [0.1, 0.15) is 46.5 Å². The molecule has 0 aromatic heterocycles. The standard InChI is InChI=1S/C16H31N3O2S/c1-4-17-14(18-11-15(3)8-6-10-21-15)19-12-16(20)9-7-13(16)22-5-2/h13,20H,4-12H2,1-3H3,(H2,17,18,19). The first-order valence-electron chi connectivity index (χ1n) is 8.51. The Morgan fingerprint density at radius 3 is 2.73 bits per heavy atom. The Hall–Kier alpha value is -0.460. The summed E-state index contributed by atoms with van der Waals surface area (Å²) in [6.45, 7) is 9.22. The molecule has 0 amide bonds. The first kappa shape index (κ1) is 17.9. The highest BCUT2D eigenvalue weighted by Gasteiger charge is 2.45. The van der Waals surface area contributed by atoms with E-state index in [2.05, 4.69) is 36.4 Å². The molecule has 2 fully saturated rings. The second-order valence-corrected chi connectivity index (χ2v) is 8.02. The second-order valence-electron chi connectivity index (χ2n) is 6.54. The monoisotopic (exact) mass is 329 g/mol. The zero-order chi connectivity index (χ0) is 16.1. The van der Waals surface area contributed by atoms with Gasteiger partial charge in [0, 0.05) is 24.9 Å². The van der Waals surface area contributed by atoms with Crippen LogP contribution < -0.4 is 10.6 Å². The predicted octanol–water partition coefficient (Wildman–Crippen LogP) is 1.76. The van der Waals surface area contributed by atoms with Crippen molar-refractivity contribution in [2.24, 2.45) is 4.99 Å². The minimum atomic E-state index is -0.628. The van der Waals surface area contributed by atoms with Crippen LogP contribution in [-0.4, -0.2) is 59.5 Å². The van der Waals surface area contributed by atoms with Gasteiger partial charge in [0.1, 0.15) is 0 Å². The van der Waals surface area contributed by atoms with Crippen molar-refractivity contribution >= 4 is 17.7 Å². The first-order valence-corrected chi connectivity index (χ1v) is 9.56. The Morgan fingerprint density at radius 2 is 2.18 bits per heavy atom. The Kier molecular flexibility index (Phi) is 6.41. The van der Waals surface area contributed by atoms with E-state index in [9.17, 15) is 5.11 Å². The lowest BCUT2D eigenvalue weighted by Gasteiger charge is -2.44. The quantitative estimate of drug-likeness (QED) is 0.491. The molecular formula is C16H31N3O2S. The van der Waals surface area contributed by atoms with Gasteiger partial charge < -0.3 is 20.5 Å². The average Bonchev–Trinajstić information content (AvgIpc) is 2.93. The van der Waals surface area contributed by atoms with Gasteiger partial charge in [-0.25, -0.2) is 0 Å². The van der Waals surface area contributed by atoms with Crippen molar-refractivity contribution in [1.82, 2.24) is 10.6 Å². The van der Waals surface area contributed by atoms with Crippen LogP contribution in [0, 0.1) is 0 Å². The van der Waals surface area contributed by atoms with Gasteiger partial charge in [-0.05, 0) is 45.3 Å². The fourth-order valence-corrected chi connectivity index (χ4v) is 4.21. The third-order valence-corrected chi connectivity index (χ3v) is 6.00. The van der Waals surface area contributed by atoms with E-state index in [0.29, 0.717) is 11.8 Å². The van der Waals surface area contributed by atoms with Crippen LogP contribution in [0.2, 0.25) is 0 Å². The molecule has 1 heterocycles. The highest BCUT2D eigenvalue weighted by molar-refractivity contribution is 8.00. The Balaban J connectivity index is 1.86. The van der Waals surface area contributed by atoms with Gasteiger partial charge in [-0.3, -0.25) is 4.99 Å². The van der Waals surface area contributed by atoms with Crippen LogP contribution in [0.15, 0.2) is 4.99 Å². The molecule has 0 bridgehead atoms. The van der Waals surface area contributed by atoms with Crippen LogP contribution in [0.4, 0.5) is 0 Å². The molecule has 1 saturated heterocycles. The van der Waals surface area contributed by atoms with E-state index < -0.39 is 5.60 Å². The van der Waals surface area contributed by atoms with Crippen molar-refractivity contribution in [1.29, 1.82) is 0 Å². The summed E-state index contributed by atoms with van der Waals surface area (Å²) < 4.78 is 5.80. The minimum absolute atomic E-state index is 0.0931. The minimum Gasteiger partial charge on any atom is -0.387 e. The second kappa shape index (κ2) is 7.88. The summed E-state index contributed by atoms with van der Waals surface area (Å²) in [5.41, 5.74) is -0.721. The van der Waals surface area contributed by atoms with Gasteiger partial charge in [-0.15, -0.1) is 0 Å². The number of aliphatic hydroxyl groups is 1. The van der Waals surface area contributed by atoms with Gasteiger partial charge in [-0.1, -0.05) is 6.92 Å². The van der Waals surface area contributed by atoms with Crippen LogP contribution in [0.25, 0.3) is 0 Å². The van der Waals surface area contributed by atoms with E-state index in [0.717, 1.165) is 57.1 Å². The number of aliphatic imine (C=N–C) groups is 1. The van der Waals surface area contributed by atoms with Crippen molar-refractivity contribution in [2.75, 3.05) is 32.0 Å². The molecule has 3 N–H and O–H groups in total. The highest BCUT2D eigenvalue weighted by atomic mass is 32.2. The summed E-state index contributed by atoms with van der Waals surface area (Å²) in [6.07, 6.45) is 4.16. The van der Waals surface area contributed by atoms with E-state index >= 15 is 0 Å². The van der Waals surface area contributed by atoms with Gasteiger partial charge in [0.25, 0.3) is 0 Å². The first-order chi connectivity index (χ1) is 10.5. The van der Waals surface area contributed by atoms with E-state index in [4.69, 9.17) is 4.74 Å². The predicted molar refractivity (Wildman–Crippen MR) is 93.7 cm³/mol. The van der Waals surface area contributed by atoms with Crippen LogP contribution in [0.5, 0.6) is 0 Å². The summed E-state index contributed by atoms with van der Waals surface area (Å²) >= 11 is 1.84. The number of guanidine groups is 1. The molecule has 6 heteroatoms. The van der Waals surface area contributed by atoms with Crippen LogP contribution >= 0.6 is 11.8 Å². The van der Waals surface area contributed by atoms with Gasteiger partial charge in [0.05, 0.1) is 17.7 Å². The van der Waals surface area contributed by atoms with E-state index in [1.165, 1.54) is 0 Å². The number of thioether (sulfide) groups is 1. The summed E-state index contributed by atoms with van der Waals surface area (Å²) in [6, 6.07) is 0. The molecule has 0 aromatic carbocycles. The molecular weight excluding hydrogens is 298 g/mol. The Labute approximate surface area is 138 Å². The smallest absolute Gasteiger partial charge is 0.191 e. The number of hydrogen-bond acceptors (Lipinski definition) is 4. The molecule has 5 nitrogen and oxygen atoms in total. The molecule has 2 aliphatic rings. The molecule has 3 atom stereocenters. The van der Waals surface area contributed by atoms with Crippen molar-refractivity contribution < 1.29 is 9.84 Å². The number of rotatable bonds is 7. The van der Waals surface area contributed by atoms with E-state index in [1.807, 2.05) is 11.8 Å². The number of ether oxygens (including phenoxy) is 1. The van der Waals surface area contributed by atoms with Gasteiger partial charge in [-0.2, -0.15) is 11.8 Å². The normalized spacial score (nSPS) is 35.3. The van der Waals surface area contributed by atoms with Gasteiger partial charge >= 0.3 is 0 Å². The molecule has 128 valence electrons. The molecule has 2 rings (SSSR count). The molecule has 1 aliphatic heterocycles. The van der Waals surface area contributed by atoms with E-state index in [-0.39, 0.29) is 5.60 Å². The zero-order valence-corrected chi connectivity index (χ0v) is 15.0. The van der Waals surface area contributed by atoms with Crippen LogP contribution in [-0.2, 0) is 4.74 Å². The molecule has 1 aliphatic carbocycles. The lowest BCUT2D eigenvalue weighted by molar-refractivity contribution is -0.0155. The van der Waals surface area contributed by atoms with Crippen molar-refractivity contribution in [3.8, 4) is 0 Å². The highest BCUT2D eigenvalue weighted by Crippen LogP contribution is 2.41. The maximum Gasteiger partial charge on any atom is 0.191 e. The van der Waals surface area contributed by atoms with Crippen molar-refractivity contribution in [2.45, 2.75) is 62.9 Å². The fourth-order valence-electron chi connectivity index (χ4n) is 3.02. The molecule has 22 heavy (non-hydrogen) atoms. The lowest BCUT2D eigenvalue weighted by atomic mass is 9.79. The molecule has 0 aromatic rings. The maximum absolute atomic E-state index is 10.6. The molecule has 3 unspecified atom stereocenters. The number of nitrogens with zero attached hydrogens (tertiary/aromatic N) is 1. The third kappa shape index (κ3) is 4.52. The van der Waals surface area contributed by atoms with Crippen molar-refractivity contribution in [3.63, 3.8) is 0 Å². The molecule has 0 spiro atoms. The van der Waals surface area contributed by atoms with Gasteiger partial charge in [0.15, 0.2) is 5.96 Å². The summed E-state index contributed by atoms with van der Waals surface area (Å²) in [5, 5.41) is 17.6. The Bertz CT molecular complexity index is 386. The number of hydrogen-bond donors (Lipinski definition) is 3. The summed E-state index contributed by atoms with van der Waals surface area (Å²) in [4.78, 5) is 4.61.